The lowest BCUT2D eigenvalue weighted by Crippen LogP contribution is -2.18. The summed E-state index contributed by atoms with van der Waals surface area (Å²) in [6.07, 6.45) is 3.45. The van der Waals surface area contributed by atoms with E-state index in [9.17, 15) is 9.59 Å². The Balaban J connectivity index is 2.24. The van der Waals surface area contributed by atoms with Crippen LogP contribution in [-0.2, 0) is 9.59 Å². The van der Waals surface area contributed by atoms with Gasteiger partial charge in [-0.05, 0) is 43.7 Å². The highest BCUT2D eigenvalue weighted by Crippen LogP contribution is 2.23. The topological polar surface area (TPSA) is 46.5 Å². The minimum absolute atomic E-state index is 0.141. The summed E-state index contributed by atoms with van der Waals surface area (Å²) in [6.45, 7) is 3.54. The Bertz CT molecular complexity index is 715. The second-order valence-corrected chi connectivity index (χ2v) is 5.69. The lowest BCUT2D eigenvalue weighted by Gasteiger charge is -2.12. The number of rotatable bonds is 3. The lowest BCUT2D eigenvalue weighted by atomic mass is 9.97. The van der Waals surface area contributed by atoms with Crippen molar-refractivity contribution in [2.45, 2.75) is 20.3 Å². The number of carbonyl (C=O) groups is 2. The molecule has 0 atom stereocenters. The van der Waals surface area contributed by atoms with Crippen LogP contribution >= 0.6 is 23.2 Å². The average molecular weight is 322 g/mol. The molecule has 1 aliphatic heterocycles. The predicted molar refractivity (Wildman–Crippen MR) is 85.9 cm³/mol. The number of ketones is 1. The first-order valence-electron chi connectivity index (χ1n) is 6.34. The third-order valence-corrected chi connectivity index (χ3v) is 3.64. The standard InChI is InChI=1S/C16H13Cl2NO2/c1-9-7-10(2)19-16(21)15(9)14(20)6-4-11-3-5-12(17)8-13(11)18/h3-6,8H,7H2,1-2H3/b6-4+. The zero-order valence-corrected chi connectivity index (χ0v) is 13.1. The summed E-state index contributed by atoms with van der Waals surface area (Å²) < 4.78 is 0. The summed E-state index contributed by atoms with van der Waals surface area (Å²) in [5, 5.41) is 0.968. The van der Waals surface area contributed by atoms with E-state index in [1.54, 1.807) is 38.1 Å². The number of benzene rings is 1. The van der Waals surface area contributed by atoms with Crippen molar-refractivity contribution < 1.29 is 9.59 Å². The average Bonchev–Trinajstić information content (AvgIpc) is 2.36. The molecule has 1 aromatic carbocycles. The second-order valence-electron chi connectivity index (χ2n) is 4.85. The molecule has 2 rings (SSSR count). The molecule has 0 saturated carbocycles. The summed E-state index contributed by atoms with van der Waals surface area (Å²) in [7, 11) is 0. The van der Waals surface area contributed by atoms with E-state index in [1.165, 1.54) is 6.08 Å². The lowest BCUT2D eigenvalue weighted by molar-refractivity contribution is -0.118. The molecule has 3 nitrogen and oxygen atoms in total. The molecule has 5 heteroatoms. The van der Waals surface area contributed by atoms with Crippen LogP contribution in [0.5, 0.6) is 0 Å². The maximum Gasteiger partial charge on any atom is 0.280 e. The Kier molecular flexibility index (Phi) is 4.76. The number of nitrogens with zero attached hydrogens (tertiary/aromatic N) is 1. The monoisotopic (exact) mass is 321 g/mol. The third-order valence-electron chi connectivity index (χ3n) is 3.08. The van der Waals surface area contributed by atoms with Gasteiger partial charge in [0.05, 0.1) is 5.57 Å². The number of aliphatic imine (C=N–C) groups is 1. The van der Waals surface area contributed by atoms with Gasteiger partial charge in [0.25, 0.3) is 5.91 Å². The molecule has 0 fully saturated rings. The zero-order chi connectivity index (χ0) is 15.6. The molecule has 0 radical (unpaired) electrons. The molecule has 0 N–H and O–H groups in total. The van der Waals surface area contributed by atoms with Crippen LogP contribution in [0.4, 0.5) is 0 Å². The molecule has 1 aliphatic rings. The maximum atomic E-state index is 12.2. The minimum Gasteiger partial charge on any atom is -0.289 e. The van der Waals surface area contributed by atoms with Gasteiger partial charge in [0.2, 0.25) is 0 Å². The highest BCUT2D eigenvalue weighted by Gasteiger charge is 2.22. The van der Waals surface area contributed by atoms with Crippen molar-refractivity contribution in [1.29, 1.82) is 0 Å². The van der Waals surface area contributed by atoms with Gasteiger partial charge in [-0.2, -0.15) is 0 Å². The van der Waals surface area contributed by atoms with Crippen molar-refractivity contribution in [3.63, 3.8) is 0 Å². The zero-order valence-electron chi connectivity index (χ0n) is 11.6. The van der Waals surface area contributed by atoms with E-state index in [0.29, 0.717) is 22.0 Å². The van der Waals surface area contributed by atoms with Crippen LogP contribution in [0.15, 0.2) is 40.4 Å². The van der Waals surface area contributed by atoms with Gasteiger partial charge in [0.15, 0.2) is 5.78 Å². The summed E-state index contributed by atoms with van der Waals surface area (Å²) in [5.41, 5.74) is 2.26. The van der Waals surface area contributed by atoms with Crippen molar-refractivity contribution in [1.82, 2.24) is 0 Å². The number of hydrogen-bond acceptors (Lipinski definition) is 2. The van der Waals surface area contributed by atoms with Crippen LogP contribution < -0.4 is 0 Å². The number of allylic oxidation sites excluding steroid dienone is 2. The number of hydrogen-bond donors (Lipinski definition) is 0. The van der Waals surface area contributed by atoms with Gasteiger partial charge in [-0.1, -0.05) is 34.8 Å². The molecular weight excluding hydrogens is 309 g/mol. The fraction of sp³-hybridized carbons (Fsp3) is 0.188. The second kappa shape index (κ2) is 6.37. The highest BCUT2D eigenvalue weighted by molar-refractivity contribution is 6.35. The van der Waals surface area contributed by atoms with Crippen molar-refractivity contribution in [3.05, 3.63) is 51.0 Å². The normalized spacial score (nSPS) is 15.6. The molecule has 108 valence electrons. The number of dihydropyridines is 1. The van der Waals surface area contributed by atoms with E-state index in [1.807, 2.05) is 0 Å². The Morgan fingerprint density at radius 1 is 1.29 bits per heavy atom. The van der Waals surface area contributed by atoms with Crippen LogP contribution in [0.25, 0.3) is 6.08 Å². The summed E-state index contributed by atoms with van der Waals surface area (Å²) in [4.78, 5) is 27.9. The fourth-order valence-corrected chi connectivity index (χ4v) is 2.60. The van der Waals surface area contributed by atoms with Crippen molar-refractivity contribution >= 4 is 46.7 Å². The van der Waals surface area contributed by atoms with Crippen LogP contribution in [0.3, 0.4) is 0 Å². The summed E-state index contributed by atoms with van der Waals surface area (Å²) in [5.74, 6) is -0.840. The largest absolute Gasteiger partial charge is 0.289 e. The Labute approximate surface area is 133 Å². The molecule has 0 spiro atoms. The third kappa shape index (κ3) is 3.69. The molecule has 21 heavy (non-hydrogen) atoms. The van der Waals surface area contributed by atoms with E-state index in [-0.39, 0.29) is 11.4 Å². The van der Waals surface area contributed by atoms with Crippen molar-refractivity contribution in [2.24, 2.45) is 4.99 Å². The van der Waals surface area contributed by atoms with E-state index < -0.39 is 5.91 Å². The Morgan fingerprint density at radius 3 is 2.62 bits per heavy atom. The fourth-order valence-electron chi connectivity index (χ4n) is 2.12. The number of amides is 1. The molecule has 1 amide bonds. The molecule has 0 bridgehead atoms. The highest BCUT2D eigenvalue weighted by atomic mass is 35.5. The first-order valence-corrected chi connectivity index (χ1v) is 7.10. The predicted octanol–water partition coefficient (Wildman–Crippen LogP) is 4.28. The van der Waals surface area contributed by atoms with Gasteiger partial charge < -0.3 is 0 Å². The Morgan fingerprint density at radius 2 is 2.00 bits per heavy atom. The van der Waals surface area contributed by atoms with E-state index in [0.717, 1.165) is 11.3 Å². The van der Waals surface area contributed by atoms with Crippen LogP contribution in [0.1, 0.15) is 25.8 Å². The quantitative estimate of drug-likeness (QED) is 0.616. The minimum atomic E-state index is -0.479. The molecular formula is C16H13Cl2NO2. The van der Waals surface area contributed by atoms with Gasteiger partial charge in [0, 0.05) is 22.2 Å². The van der Waals surface area contributed by atoms with Crippen LogP contribution in [0, 0.1) is 0 Å². The van der Waals surface area contributed by atoms with Gasteiger partial charge in [0.1, 0.15) is 0 Å². The molecule has 0 unspecified atom stereocenters. The van der Waals surface area contributed by atoms with Crippen molar-refractivity contribution in [2.75, 3.05) is 0 Å². The molecule has 1 heterocycles. The van der Waals surface area contributed by atoms with Gasteiger partial charge in [-0.25, -0.2) is 4.99 Å². The van der Waals surface area contributed by atoms with E-state index in [2.05, 4.69) is 4.99 Å². The number of halogens is 2. The molecule has 0 saturated heterocycles. The molecule has 1 aromatic rings. The Hall–Kier alpha value is -1.71. The van der Waals surface area contributed by atoms with Gasteiger partial charge in [-0.15, -0.1) is 0 Å². The maximum absolute atomic E-state index is 12.2. The van der Waals surface area contributed by atoms with Gasteiger partial charge >= 0.3 is 0 Å². The first-order chi connectivity index (χ1) is 9.88. The summed E-state index contributed by atoms with van der Waals surface area (Å²) >= 11 is 11.8. The number of carbonyl (C=O) groups excluding carboxylic acids is 2. The van der Waals surface area contributed by atoms with Crippen molar-refractivity contribution in [3.8, 4) is 0 Å². The van der Waals surface area contributed by atoms with Crippen LogP contribution in [-0.4, -0.2) is 17.4 Å². The molecule has 0 aromatic heterocycles. The van der Waals surface area contributed by atoms with Gasteiger partial charge in [-0.3, -0.25) is 9.59 Å². The SMILES string of the molecule is CC1=NC(=O)C(C(=O)/C=C/c2ccc(Cl)cc2Cl)=C(C)C1. The van der Waals surface area contributed by atoms with E-state index >= 15 is 0 Å². The van der Waals surface area contributed by atoms with E-state index in [4.69, 9.17) is 23.2 Å². The first kappa shape index (κ1) is 15.7. The smallest absolute Gasteiger partial charge is 0.280 e. The molecule has 0 aliphatic carbocycles. The van der Waals surface area contributed by atoms with Crippen LogP contribution in [0.2, 0.25) is 10.0 Å². The summed E-state index contributed by atoms with van der Waals surface area (Å²) in [6, 6.07) is 4.99.